The minimum atomic E-state index is -0.379. The van der Waals surface area contributed by atoms with Gasteiger partial charge in [-0.1, -0.05) is 60.7 Å². The molecule has 0 aliphatic carbocycles. The molecule has 0 unspecified atom stereocenters. The molecule has 0 heterocycles. The van der Waals surface area contributed by atoms with Crippen LogP contribution in [0.1, 0.15) is 34.5 Å². The molecule has 0 saturated heterocycles. The number of carbonyl (C=O) groups is 2. The molecule has 3 aromatic rings. The number of amides is 2. The molecule has 2 amide bonds. The number of nitrogens with one attached hydrogen (secondary N) is 2. The van der Waals surface area contributed by atoms with E-state index in [1.807, 2.05) is 60.7 Å². The largest absolute Gasteiger partial charge is 0.462 e. The van der Waals surface area contributed by atoms with Crippen molar-refractivity contribution in [2.24, 2.45) is 0 Å². The number of hydrogen-bond acceptors (Lipinski definition) is 3. The summed E-state index contributed by atoms with van der Waals surface area (Å²) in [5.41, 5.74) is 3.22. The van der Waals surface area contributed by atoms with Crippen molar-refractivity contribution in [1.82, 2.24) is 5.32 Å². The third-order valence-corrected chi connectivity index (χ3v) is 4.44. The molecule has 0 aliphatic rings. The SMILES string of the molecule is CCOC(=O)c1ccc(NC(=O)N[C@H](Cc2ccccc2)c2ccccc2)cc1. The second-order valence-electron chi connectivity index (χ2n) is 6.55. The van der Waals surface area contributed by atoms with Crippen LogP contribution in [0.4, 0.5) is 10.5 Å². The highest BCUT2D eigenvalue weighted by Crippen LogP contribution is 2.19. The summed E-state index contributed by atoms with van der Waals surface area (Å²) in [7, 11) is 0. The second kappa shape index (κ2) is 10.1. The number of esters is 1. The Morgan fingerprint density at radius 1 is 0.862 bits per heavy atom. The summed E-state index contributed by atoms with van der Waals surface area (Å²) in [5, 5.41) is 5.87. The molecule has 0 fully saturated rings. The zero-order valence-corrected chi connectivity index (χ0v) is 16.3. The second-order valence-corrected chi connectivity index (χ2v) is 6.55. The van der Waals surface area contributed by atoms with E-state index in [1.165, 1.54) is 0 Å². The molecule has 0 aliphatic heterocycles. The Labute approximate surface area is 170 Å². The Bertz CT molecular complexity index is 925. The van der Waals surface area contributed by atoms with E-state index in [0.29, 0.717) is 24.3 Å². The predicted octanol–water partition coefficient (Wildman–Crippen LogP) is 4.97. The number of benzene rings is 3. The molecular weight excluding hydrogens is 364 g/mol. The Balaban J connectivity index is 1.67. The zero-order chi connectivity index (χ0) is 20.5. The van der Waals surface area contributed by atoms with Gasteiger partial charge in [0.15, 0.2) is 0 Å². The standard InChI is InChI=1S/C24H24N2O3/c1-2-29-23(27)20-13-15-21(16-14-20)25-24(28)26-22(19-11-7-4-8-12-19)17-18-9-5-3-6-10-18/h3-16,22H,2,17H2,1H3,(H2,25,26,28)/t22-/m1/s1. The summed E-state index contributed by atoms with van der Waals surface area (Å²) in [6.45, 7) is 2.08. The molecule has 148 valence electrons. The van der Waals surface area contributed by atoms with Crippen LogP contribution in [0.15, 0.2) is 84.9 Å². The Hall–Kier alpha value is -3.60. The maximum atomic E-state index is 12.6. The van der Waals surface area contributed by atoms with E-state index in [0.717, 1.165) is 11.1 Å². The summed E-state index contributed by atoms with van der Waals surface area (Å²) >= 11 is 0. The monoisotopic (exact) mass is 388 g/mol. The van der Waals surface area contributed by atoms with Crippen LogP contribution in [0.25, 0.3) is 0 Å². The third-order valence-electron chi connectivity index (χ3n) is 4.44. The van der Waals surface area contributed by atoms with Gasteiger partial charge in [0.05, 0.1) is 18.2 Å². The molecule has 3 rings (SSSR count). The van der Waals surface area contributed by atoms with Crippen LogP contribution in [0.5, 0.6) is 0 Å². The minimum absolute atomic E-state index is 0.169. The van der Waals surface area contributed by atoms with Crippen molar-refractivity contribution in [3.8, 4) is 0 Å². The molecular formula is C24H24N2O3. The highest BCUT2D eigenvalue weighted by Gasteiger charge is 2.15. The summed E-state index contributed by atoms with van der Waals surface area (Å²) in [4.78, 5) is 24.3. The molecule has 5 nitrogen and oxygen atoms in total. The lowest BCUT2D eigenvalue weighted by molar-refractivity contribution is 0.0526. The van der Waals surface area contributed by atoms with E-state index in [-0.39, 0.29) is 18.0 Å². The number of anilines is 1. The smallest absolute Gasteiger partial charge is 0.338 e. The van der Waals surface area contributed by atoms with Crippen molar-refractivity contribution in [2.45, 2.75) is 19.4 Å². The van der Waals surface area contributed by atoms with Gasteiger partial charge in [-0.05, 0) is 48.7 Å². The Morgan fingerprint density at radius 2 is 1.48 bits per heavy atom. The fourth-order valence-corrected chi connectivity index (χ4v) is 3.02. The number of carbonyl (C=O) groups excluding carboxylic acids is 2. The first-order valence-electron chi connectivity index (χ1n) is 9.59. The van der Waals surface area contributed by atoms with Gasteiger partial charge in [0.25, 0.3) is 0 Å². The van der Waals surface area contributed by atoms with Gasteiger partial charge >= 0.3 is 12.0 Å². The lowest BCUT2D eigenvalue weighted by Crippen LogP contribution is -2.33. The molecule has 0 radical (unpaired) electrons. The summed E-state index contributed by atoms with van der Waals surface area (Å²) in [5.74, 6) is -0.379. The van der Waals surface area contributed by atoms with E-state index < -0.39 is 0 Å². The van der Waals surface area contributed by atoms with Crippen molar-refractivity contribution in [2.75, 3.05) is 11.9 Å². The van der Waals surface area contributed by atoms with Crippen molar-refractivity contribution in [3.63, 3.8) is 0 Å². The lowest BCUT2D eigenvalue weighted by Gasteiger charge is -2.20. The average Bonchev–Trinajstić information content (AvgIpc) is 2.75. The number of ether oxygens (including phenoxy) is 1. The molecule has 5 heteroatoms. The first-order chi connectivity index (χ1) is 14.2. The van der Waals surface area contributed by atoms with Gasteiger partial charge in [0.1, 0.15) is 0 Å². The van der Waals surface area contributed by atoms with Crippen LogP contribution in [0.2, 0.25) is 0 Å². The first-order valence-corrected chi connectivity index (χ1v) is 9.59. The van der Waals surface area contributed by atoms with E-state index in [1.54, 1.807) is 31.2 Å². The van der Waals surface area contributed by atoms with Gasteiger partial charge in [0.2, 0.25) is 0 Å². The number of rotatable bonds is 7. The molecule has 29 heavy (non-hydrogen) atoms. The van der Waals surface area contributed by atoms with Crippen LogP contribution in [0, 0.1) is 0 Å². The highest BCUT2D eigenvalue weighted by atomic mass is 16.5. The Morgan fingerprint density at radius 3 is 2.10 bits per heavy atom. The summed E-state index contributed by atoms with van der Waals surface area (Å²) in [6.07, 6.45) is 0.681. The van der Waals surface area contributed by atoms with E-state index in [4.69, 9.17) is 4.74 Å². The van der Waals surface area contributed by atoms with Crippen molar-refractivity contribution in [3.05, 3.63) is 102 Å². The highest BCUT2D eigenvalue weighted by molar-refractivity contribution is 5.92. The minimum Gasteiger partial charge on any atom is -0.462 e. The molecule has 0 spiro atoms. The molecule has 0 saturated carbocycles. The Kier molecular flexibility index (Phi) is 7.00. The first kappa shape index (κ1) is 20.1. The van der Waals surface area contributed by atoms with Crippen molar-refractivity contribution in [1.29, 1.82) is 0 Å². The predicted molar refractivity (Wildman–Crippen MR) is 114 cm³/mol. The van der Waals surface area contributed by atoms with Crippen molar-refractivity contribution >= 4 is 17.7 Å². The number of urea groups is 1. The third kappa shape index (κ3) is 5.94. The van der Waals surface area contributed by atoms with E-state index in [9.17, 15) is 9.59 Å². The molecule has 3 aromatic carbocycles. The topological polar surface area (TPSA) is 67.4 Å². The quantitative estimate of drug-likeness (QED) is 0.562. The van der Waals surface area contributed by atoms with Gasteiger partial charge < -0.3 is 15.4 Å². The number of hydrogen-bond donors (Lipinski definition) is 2. The lowest BCUT2D eigenvalue weighted by atomic mass is 9.99. The van der Waals surface area contributed by atoms with E-state index in [2.05, 4.69) is 10.6 Å². The van der Waals surface area contributed by atoms with Gasteiger partial charge in [-0.3, -0.25) is 0 Å². The van der Waals surface area contributed by atoms with Crippen LogP contribution in [-0.2, 0) is 11.2 Å². The van der Waals surface area contributed by atoms with Gasteiger partial charge in [-0.25, -0.2) is 9.59 Å². The van der Waals surface area contributed by atoms with Crippen molar-refractivity contribution < 1.29 is 14.3 Å². The fraction of sp³-hybridized carbons (Fsp3) is 0.167. The maximum absolute atomic E-state index is 12.6. The summed E-state index contributed by atoms with van der Waals surface area (Å²) in [6, 6.07) is 26.1. The fourth-order valence-electron chi connectivity index (χ4n) is 3.02. The van der Waals surface area contributed by atoms with E-state index >= 15 is 0 Å². The van der Waals surface area contributed by atoms with Gasteiger partial charge in [-0.15, -0.1) is 0 Å². The molecule has 2 N–H and O–H groups in total. The molecule has 1 atom stereocenters. The molecule has 0 aromatic heterocycles. The normalized spacial score (nSPS) is 11.3. The van der Waals surface area contributed by atoms with Crippen LogP contribution in [0.3, 0.4) is 0 Å². The summed E-state index contributed by atoms with van der Waals surface area (Å²) < 4.78 is 4.97. The van der Waals surface area contributed by atoms with Gasteiger partial charge in [0, 0.05) is 5.69 Å². The average molecular weight is 388 g/mol. The zero-order valence-electron chi connectivity index (χ0n) is 16.3. The molecule has 0 bridgehead atoms. The van der Waals surface area contributed by atoms with Crippen LogP contribution < -0.4 is 10.6 Å². The van der Waals surface area contributed by atoms with Crippen LogP contribution in [-0.4, -0.2) is 18.6 Å². The maximum Gasteiger partial charge on any atom is 0.338 e. The van der Waals surface area contributed by atoms with Gasteiger partial charge in [-0.2, -0.15) is 0 Å². The van der Waals surface area contributed by atoms with Crippen LogP contribution >= 0.6 is 0 Å².